The highest BCUT2D eigenvalue weighted by Gasteiger charge is 2.11. The van der Waals surface area contributed by atoms with Crippen molar-refractivity contribution in [3.05, 3.63) is 32.0 Å². The summed E-state index contributed by atoms with van der Waals surface area (Å²) in [5, 5.41) is 4.86. The van der Waals surface area contributed by atoms with Gasteiger partial charge in [-0.3, -0.25) is 0 Å². The van der Waals surface area contributed by atoms with E-state index in [0.717, 1.165) is 15.6 Å². The summed E-state index contributed by atoms with van der Waals surface area (Å²) in [6, 6.07) is 0. The molecule has 0 spiro atoms. The van der Waals surface area contributed by atoms with Crippen molar-refractivity contribution in [1.29, 1.82) is 0 Å². The second kappa shape index (κ2) is 4.80. The maximum Gasteiger partial charge on any atom is 0.437 e. The number of aryl methyl sites for hydroxylation is 2. The fraction of sp³-hybridized carbons (Fsp3) is 0.500. The van der Waals surface area contributed by atoms with Crippen LogP contribution in [0.4, 0.5) is 0 Å². The number of thiazole rings is 1. The van der Waals surface area contributed by atoms with Crippen LogP contribution in [0.5, 0.6) is 0 Å². The second-order valence-electron chi connectivity index (χ2n) is 3.60. The number of methoxy groups -OCH3 is 1. The molecule has 2 aromatic rings. The van der Waals surface area contributed by atoms with Crippen LogP contribution in [0.3, 0.4) is 0 Å². The van der Waals surface area contributed by atoms with Crippen LogP contribution in [0.1, 0.15) is 21.5 Å². The summed E-state index contributed by atoms with van der Waals surface area (Å²) < 4.78 is 11.0. The molecule has 6 nitrogen and oxygen atoms in total. The number of hydrogen-bond donors (Lipinski definition) is 0. The number of aromatic nitrogens is 3. The van der Waals surface area contributed by atoms with Crippen LogP contribution in [0.15, 0.2) is 9.21 Å². The Morgan fingerprint density at radius 2 is 2.24 bits per heavy atom. The molecule has 7 heteroatoms. The van der Waals surface area contributed by atoms with Crippen LogP contribution in [-0.2, 0) is 17.9 Å². The summed E-state index contributed by atoms with van der Waals surface area (Å²) in [5.74, 6) is -0.204. The van der Waals surface area contributed by atoms with E-state index >= 15 is 0 Å². The lowest BCUT2D eigenvalue weighted by atomic mass is 10.4. The number of ether oxygens (including phenoxy) is 1. The fourth-order valence-electron chi connectivity index (χ4n) is 1.37. The van der Waals surface area contributed by atoms with Crippen molar-refractivity contribution in [2.24, 2.45) is 0 Å². The van der Waals surface area contributed by atoms with Crippen LogP contribution in [0.2, 0.25) is 0 Å². The smallest absolute Gasteiger partial charge is 0.390 e. The average Bonchev–Trinajstić information content (AvgIpc) is 2.74. The summed E-state index contributed by atoms with van der Waals surface area (Å²) in [7, 11) is 1.52. The van der Waals surface area contributed by atoms with Crippen LogP contribution in [0.25, 0.3) is 0 Å². The van der Waals surface area contributed by atoms with Gasteiger partial charge in [0.2, 0.25) is 5.89 Å². The fourth-order valence-corrected chi connectivity index (χ4v) is 2.28. The van der Waals surface area contributed by atoms with E-state index in [1.807, 2.05) is 13.8 Å². The SMILES string of the molecule is COCc1nn(Cc2nc(C)c(C)s2)c(=O)o1. The average molecular weight is 255 g/mol. The topological polar surface area (TPSA) is 70.2 Å². The lowest BCUT2D eigenvalue weighted by molar-refractivity contribution is 0.158. The number of nitrogens with zero attached hydrogens (tertiary/aromatic N) is 3. The van der Waals surface area contributed by atoms with Crippen molar-refractivity contribution in [2.75, 3.05) is 7.11 Å². The van der Waals surface area contributed by atoms with Crippen molar-refractivity contribution in [1.82, 2.24) is 14.8 Å². The lowest BCUT2D eigenvalue weighted by Gasteiger charge is -1.92. The normalized spacial score (nSPS) is 11.0. The van der Waals surface area contributed by atoms with Crippen LogP contribution >= 0.6 is 11.3 Å². The molecule has 0 aliphatic carbocycles. The highest BCUT2D eigenvalue weighted by molar-refractivity contribution is 7.11. The molecule has 0 amide bonds. The minimum Gasteiger partial charge on any atom is -0.390 e. The molecular formula is C10H13N3O3S. The molecule has 2 aromatic heterocycles. The molecule has 0 radical (unpaired) electrons. The first-order valence-electron chi connectivity index (χ1n) is 5.09. The molecule has 0 saturated heterocycles. The van der Waals surface area contributed by atoms with Gasteiger partial charge in [-0.15, -0.1) is 16.4 Å². The maximum absolute atomic E-state index is 11.5. The van der Waals surface area contributed by atoms with Gasteiger partial charge >= 0.3 is 5.76 Å². The Hall–Kier alpha value is -1.47. The molecule has 0 aliphatic rings. The molecule has 0 bridgehead atoms. The van der Waals surface area contributed by atoms with Crippen molar-refractivity contribution in [3.8, 4) is 0 Å². The Balaban J connectivity index is 2.21. The molecule has 2 heterocycles. The zero-order valence-electron chi connectivity index (χ0n) is 9.89. The summed E-state index contributed by atoms with van der Waals surface area (Å²) >= 11 is 1.56. The van der Waals surface area contributed by atoms with Crippen molar-refractivity contribution in [2.45, 2.75) is 27.0 Å². The van der Waals surface area contributed by atoms with Gasteiger partial charge in [0.25, 0.3) is 0 Å². The molecular weight excluding hydrogens is 242 g/mol. The summed E-state index contributed by atoms with van der Waals surface area (Å²) in [4.78, 5) is 17.0. The standard InChI is InChI=1S/C10H13N3O3S/c1-6-7(2)17-9(11-6)4-13-10(14)16-8(12-13)5-15-3/h4-5H2,1-3H3. The van der Waals surface area contributed by atoms with Gasteiger partial charge in [-0.1, -0.05) is 0 Å². The third-order valence-electron chi connectivity index (χ3n) is 2.27. The summed E-state index contributed by atoms with van der Waals surface area (Å²) in [6.07, 6.45) is 0. The Bertz CT molecular complexity index is 550. The van der Waals surface area contributed by atoms with E-state index in [0.29, 0.717) is 6.54 Å². The van der Waals surface area contributed by atoms with E-state index in [-0.39, 0.29) is 12.5 Å². The summed E-state index contributed by atoms with van der Waals surface area (Å²) in [6.45, 7) is 4.47. The van der Waals surface area contributed by atoms with E-state index < -0.39 is 5.76 Å². The minimum absolute atomic E-state index is 0.193. The first-order chi connectivity index (χ1) is 8.10. The zero-order valence-corrected chi connectivity index (χ0v) is 10.7. The van der Waals surface area contributed by atoms with Crippen LogP contribution in [-0.4, -0.2) is 21.9 Å². The summed E-state index contributed by atoms with van der Waals surface area (Å²) in [5.41, 5.74) is 0.985. The first kappa shape index (κ1) is 12.0. The quantitative estimate of drug-likeness (QED) is 0.818. The van der Waals surface area contributed by atoms with Crippen molar-refractivity contribution < 1.29 is 9.15 Å². The highest BCUT2D eigenvalue weighted by atomic mass is 32.1. The molecule has 2 rings (SSSR count). The molecule has 17 heavy (non-hydrogen) atoms. The third kappa shape index (κ3) is 2.62. The van der Waals surface area contributed by atoms with Crippen molar-refractivity contribution >= 4 is 11.3 Å². The van der Waals surface area contributed by atoms with Gasteiger partial charge in [0.15, 0.2) is 0 Å². The van der Waals surface area contributed by atoms with Gasteiger partial charge in [0.1, 0.15) is 18.2 Å². The molecule has 0 aromatic carbocycles. The van der Waals surface area contributed by atoms with E-state index in [1.54, 1.807) is 11.3 Å². The van der Waals surface area contributed by atoms with Crippen LogP contribution in [0, 0.1) is 13.8 Å². The first-order valence-corrected chi connectivity index (χ1v) is 5.90. The number of hydrogen-bond acceptors (Lipinski definition) is 6. The molecule has 0 aliphatic heterocycles. The second-order valence-corrected chi connectivity index (χ2v) is 4.89. The number of rotatable bonds is 4. The van der Waals surface area contributed by atoms with E-state index in [9.17, 15) is 4.79 Å². The van der Waals surface area contributed by atoms with Gasteiger partial charge in [0, 0.05) is 12.0 Å². The molecule has 0 unspecified atom stereocenters. The van der Waals surface area contributed by atoms with E-state index in [1.165, 1.54) is 11.8 Å². The van der Waals surface area contributed by atoms with Gasteiger partial charge < -0.3 is 9.15 Å². The van der Waals surface area contributed by atoms with Gasteiger partial charge in [0.05, 0.1) is 5.69 Å². The van der Waals surface area contributed by atoms with Gasteiger partial charge in [-0.25, -0.2) is 9.78 Å². The predicted octanol–water partition coefficient (Wildman–Crippen LogP) is 1.10. The Kier molecular flexibility index (Phi) is 3.39. The molecule has 0 N–H and O–H groups in total. The largest absolute Gasteiger partial charge is 0.437 e. The van der Waals surface area contributed by atoms with E-state index in [2.05, 4.69) is 10.1 Å². The minimum atomic E-state index is -0.484. The predicted molar refractivity (Wildman–Crippen MR) is 62.2 cm³/mol. The molecule has 0 fully saturated rings. The van der Waals surface area contributed by atoms with E-state index in [4.69, 9.17) is 9.15 Å². The molecule has 92 valence electrons. The van der Waals surface area contributed by atoms with Crippen LogP contribution < -0.4 is 5.76 Å². The third-order valence-corrected chi connectivity index (χ3v) is 3.33. The monoisotopic (exact) mass is 255 g/mol. The zero-order chi connectivity index (χ0) is 12.4. The van der Waals surface area contributed by atoms with Gasteiger partial charge in [-0.05, 0) is 13.8 Å². The molecule has 0 saturated carbocycles. The van der Waals surface area contributed by atoms with Gasteiger partial charge in [-0.2, -0.15) is 4.68 Å². The maximum atomic E-state index is 11.5. The van der Waals surface area contributed by atoms with Crippen molar-refractivity contribution in [3.63, 3.8) is 0 Å². The Morgan fingerprint density at radius 3 is 2.82 bits per heavy atom. The lowest BCUT2D eigenvalue weighted by Crippen LogP contribution is -2.16. The highest BCUT2D eigenvalue weighted by Crippen LogP contribution is 2.16. The Morgan fingerprint density at radius 1 is 1.47 bits per heavy atom. The molecule has 0 atom stereocenters. The Labute approximate surface area is 102 Å².